The molecule has 49 heavy (non-hydrogen) atoms. The Morgan fingerprint density at radius 1 is 0.878 bits per heavy atom. The molecule has 1 aromatic heterocycles. The lowest BCUT2D eigenvalue weighted by Gasteiger charge is -2.42. The highest BCUT2D eigenvalue weighted by molar-refractivity contribution is 5.82. The topological polar surface area (TPSA) is 246 Å². The number of aryl methyl sites for hydroxylation is 1. The van der Waals surface area contributed by atoms with Crippen molar-refractivity contribution in [3.05, 3.63) is 11.4 Å². The van der Waals surface area contributed by atoms with Crippen LogP contribution in [0.1, 0.15) is 31.2 Å². The maximum absolute atomic E-state index is 13.3. The summed E-state index contributed by atoms with van der Waals surface area (Å²) >= 11 is 0. The molecular weight excluding hydrogens is 654 g/mol. The summed E-state index contributed by atoms with van der Waals surface area (Å²) in [7, 11) is 2.53. The van der Waals surface area contributed by atoms with Crippen LogP contribution in [0, 0.1) is 13.8 Å². The first-order valence-corrected chi connectivity index (χ1v) is 16.4. The lowest BCUT2D eigenvalue weighted by atomic mass is 9.97. The van der Waals surface area contributed by atoms with Gasteiger partial charge in [-0.05, 0) is 33.6 Å². The largest absolute Gasteiger partial charge is 0.396 e. The number of likely N-dealkylation sites (N-methyl/N-ethyl adjacent to an activating group) is 1. The monoisotopic (exact) mass is 707 g/mol. The van der Waals surface area contributed by atoms with E-state index >= 15 is 0 Å². The fourth-order valence-corrected chi connectivity index (χ4v) is 5.49. The minimum absolute atomic E-state index is 0.0164. The molecule has 2 amide bonds. The second-order valence-corrected chi connectivity index (χ2v) is 11.7. The zero-order valence-electron chi connectivity index (χ0n) is 28.8. The third-order valence-corrected chi connectivity index (χ3v) is 8.51. The Bertz CT molecular complexity index is 1150. The number of rotatable bonds is 20. The van der Waals surface area contributed by atoms with E-state index in [1.165, 1.54) is 19.1 Å². The van der Waals surface area contributed by atoms with Gasteiger partial charge in [-0.25, -0.2) is 4.68 Å². The summed E-state index contributed by atoms with van der Waals surface area (Å²) in [6.45, 7) is 6.75. The molecule has 3 rings (SSSR count). The molecule has 1 aromatic rings. The highest BCUT2D eigenvalue weighted by Gasteiger charge is 2.50. The maximum Gasteiger partial charge on any atom is 0.254 e. The van der Waals surface area contributed by atoms with Crippen molar-refractivity contribution >= 4 is 11.8 Å². The van der Waals surface area contributed by atoms with E-state index in [1.807, 2.05) is 13.8 Å². The zero-order chi connectivity index (χ0) is 36.1. The van der Waals surface area contributed by atoms with Crippen LogP contribution in [0.5, 0.6) is 0 Å². The number of aliphatic hydroxyl groups is 5. The molecule has 0 radical (unpaired) electrons. The highest BCUT2D eigenvalue weighted by Crippen LogP contribution is 2.27. The molecule has 19 heteroatoms. The van der Waals surface area contributed by atoms with Gasteiger partial charge < -0.3 is 68.9 Å². The molecule has 2 saturated heterocycles. The fraction of sp³-hybridized carbons (Fsp3) is 0.867. The molecular formula is C30H53N5O14. The molecule has 0 aliphatic carbocycles. The first kappa shape index (κ1) is 41.0. The van der Waals surface area contributed by atoms with Crippen LogP contribution >= 0.6 is 0 Å². The number of nitrogens with one attached hydrogen (secondary N) is 1. The van der Waals surface area contributed by atoms with Gasteiger partial charge in [0.05, 0.1) is 44.4 Å². The van der Waals surface area contributed by atoms with Crippen molar-refractivity contribution in [2.45, 2.75) is 102 Å². The molecule has 2 fully saturated rings. The lowest BCUT2D eigenvalue weighted by Crippen LogP contribution is -2.63. The summed E-state index contributed by atoms with van der Waals surface area (Å²) in [6, 6.07) is 0. The Labute approximate surface area is 285 Å². The van der Waals surface area contributed by atoms with Gasteiger partial charge in [0.2, 0.25) is 0 Å². The number of unbranched alkanes of at least 4 members (excludes halogenated alkanes) is 1. The van der Waals surface area contributed by atoms with Crippen molar-refractivity contribution in [3.63, 3.8) is 0 Å². The van der Waals surface area contributed by atoms with Crippen molar-refractivity contribution in [1.82, 2.24) is 25.2 Å². The lowest BCUT2D eigenvalue weighted by molar-refractivity contribution is -0.305. The Morgan fingerprint density at radius 2 is 1.55 bits per heavy atom. The van der Waals surface area contributed by atoms with E-state index in [0.29, 0.717) is 39.1 Å². The van der Waals surface area contributed by atoms with Gasteiger partial charge in [0.25, 0.3) is 11.8 Å². The van der Waals surface area contributed by atoms with Crippen LogP contribution in [-0.2, 0) is 49.3 Å². The molecule has 0 bridgehead atoms. The van der Waals surface area contributed by atoms with Crippen LogP contribution in [0.25, 0.3) is 0 Å². The van der Waals surface area contributed by atoms with E-state index < -0.39 is 73.2 Å². The molecule has 0 spiro atoms. The van der Waals surface area contributed by atoms with Crippen molar-refractivity contribution in [2.24, 2.45) is 0 Å². The van der Waals surface area contributed by atoms with Gasteiger partial charge in [-0.15, -0.1) is 5.10 Å². The number of aliphatic hydroxyl groups excluding tert-OH is 5. The summed E-state index contributed by atoms with van der Waals surface area (Å²) in [5, 5.41) is 62.4. The quantitative estimate of drug-likeness (QED) is 0.0724. The maximum atomic E-state index is 13.3. The molecule has 0 aromatic carbocycles. The Balaban J connectivity index is 1.54. The van der Waals surface area contributed by atoms with Crippen molar-refractivity contribution in [2.75, 3.05) is 66.9 Å². The van der Waals surface area contributed by atoms with E-state index in [0.717, 1.165) is 11.4 Å². The number of carbonyl (C=O) groups is 2. The molecule has 19 nitrogen and oxygen atoms in total. The van der Waals surface area contributed by atoms with Crippen LogP contribution in [0.4, 0.5) is 0 Å². The van der Waals surface area contributed by atoms with Crippen molar-refractivity contribution in [1.29, 1.82) is 0 Å². The van der Waals surface area contributed by atoms with E-state index in [2.05, 4.69) is 15.6 Å². The van der Waals surface area contributed by atoms with Gasteiger partial charge in [-0.2, -0.15) is 0 Å². The predicted molar refractivity (Wildman–Crippen MR) is 167 cm³/mol. The number of methoxy groups -OCH3 is 2. The zero-order valence-corrected chi connectivity index (χ0v) is 28.8. The molecule has 282 valence electrons. The van der Waals surface area contributed by atoms with Gasteiger partial charge in [-0.1, -0.05) is 5.21 Å². The first-order chi connectivity index (χ1) is 23.5. The van der Waals surface area contributed by atoms with Crippen LogP contribution in [0.15, 0.2) is 0 Å². The van der Waals surface area contributed by atoms with Gasteiger partial charge >= 0.3 is 0 Å². The van der Waals surface area contributed by atoms with E-state index in [4.69, 9.17) is 38.3 Å². The normalized spacial score (nSPS) is 30.3. The predicted octanol–water partition coefficient (Wildman–Crippen LogP) is -3.39. The van der Waals surface area contributed by atoms with Gasteiger partial charge in [0.15, 0.2) is 24.8 Å². The molecule has 2 unspecified atom stereocenters. The van der Waals surface area contributed by atoms with Gasteiger partial charge in [0.1, 0.15) is 36.6 Å². The number of amides is 2. The number of hydrogen-bond donors (Lipinski definition) is 6. The van der Waals surface area contributed by atoms with Crippen molar-refractivity contribution in [3.8, 4) is 0 Å². The van der Waals surface area contributed by atoms with Crippen LogP contribution < -0.4 is 5.32 Å². The van der Waals surface area contributed by atoms with Crippen molar-refractivity contribution < 1.29 is 68.3 Å². The molecule has 3 heterocycles. The highest BCUT2D eigenvalue weighted by atomic mass is 16.7. The summed E-state index contributed by atoms with van der Waals surface area (Å²) in [6.07, 6.45) is -13.2. The number of carbonyl (C=O) groups excluding carboxylic acids is 2. The summed E-state index contributed by atoms with van der Waals surface area (Å²) in [5.74, 6) is -1.13. The minimum Gasteiger partial charge on any atom is -0.396 e. The molecule has 6 N–H and O–H groups in total. The SMILES string of the molecule is CCN(CCCCO)C(=O)C1O[C@@H](OCCO[C@@H]2C(C(=O)NCCOCCn3nnc(C)c3C)O[C@@H](OC)[C@@H](O)[C@H]2O)[C@@H](O)[C@@H](O)[C@@H]1OC. The molecule has 0 saturated carbocycles. The smallest absolute Gasteiger partial charge is 0.254 e. The number of ether oxygens (including phenoxy) is 7. The summed E-state index contributed by atoms with van der Waals surface area (Å²) < 4.78 is 40.4. The van der Waals surface area contributed by atoms with E-state index in [1.54, 1.807) is 11.6 Å². The molecule has 2 aliphatic rings. The molecule has 10 atom stereocenters. The van der Waals surface area contributed by atoms with Crippen LogP contribution in [0.2, 0.25) is 0 Å². The van der Waals surface area contributed by atoms with Crippen LogP contribution in [-0.4, -0.2) is 186 Å². The first-order valence-electron chi connectivity index (χ1n) is 16.4. The van der Waals surface area contributed by atoms with Gasteiger partial charge in [-0.3, -0.25) is 9.59 Å². The summed E-state index contributed by atoms with van der Waals surface area (Å²) in [4.78, 5) is 27.9. The second-order valence-electron chi connectivity index (χ2n) is 11.7. The Morgan fingerprint density at radius 3 is 2.18 bits per heavy atom. The molecule has 2 aliphatic heterocycles. The third kappa shape index (κ3) is 10.8. The minimum atomic E-state index is -1.59. The van der Waals surface area contributed by atoms with Gasteiger partial charge in [0, 0.05) is 40.5 Å². The summed E-state index contributed by atoms with van der Waals surface area (Å²) in [5.41, 5.74) is 1.76. The number of hydrogen-bond acceptors (Lipinski definition) is 16. The Hall–Kier alpha value is -2.40. The standard InChI is InChI=1S/C30H53N5O14/c1-6-34(10-7-8-12-36)28(42)26-23(43-4)19(37)22(40)30(49-26)47-16-15-46-24-20(38)21(39)29(44-5)48-25(24)27(41)31-9-13-45-14-11-35-18(3)17(2)32-33-35/h19-26,29-30,36-40H,6-16H2,1-5H3,(H,31,41)/t19-,20-,21+,22+,23+,24+,25?,26?,29-,30-/m1/s1. The number of nitrogens with zero attached hydrogens (tertiary/aromatic N) is 4. The fourth-order valence-electron chi connectivity index (χ4n) is 5.49. The second kappa shape index (κ2) is 20.4. The third-order valence-electron chi connectivity index (χ3n) is 8.51. The van der Waals surface area contributed by atoms with E-state index in [9.17, 15) is 30.0 Å². The average Bonchev–Trinajstić information content (AvgIpc) is 3.42. The average molecular weight is 708 g/mol. The van der Waals surface area contributed by atoms with Crippen LogP contribution in [0.3, 0.4) is 0 Å². The Kier molecular flexibility index (Phi) is 17.1. The number of aromatic nitrogens is 3. The van der Waals surface area contributed by atoms with E-state index in [-0.39, 0.29) is 33.0 Å².